The molecule has 0 unspecified atom stereocenters. The Hall–Kier alpha value is -1.21. The molecule has 1 aliphatic heterocycles. The lowest BCUT2D eigenvalue weighted by Gasteiger charge is -2.08. The number of esters is 2. The second kappa shape index (κ2) is 7.19. The molecule has 0 aliphatic carbocycles. The van der Waals surface area contributed by atoms with Crippen LogP contribution in [0.4, 0.5) is 0 Å². The fourth-order valence-electron chi connectivity index (χ4n) is 2.77. The van der Waals surface area contributed by atoms with Crippen LogP contribution < -0.4 is 14.2 Å². The maximum Gasteiger partial charge on any atom is 0.348 e. The van der Waals surface area contributed by atoms with Gasteiger partial charge in [0.15, 0.2) is 11.2 Å². The number of ether oxygens (including phenoxy) is 2. The van der Waals surface area contributed by atoms with Gasteiger partial charge in [0, 0.05) is 10.7 Å². The molecule has 2 aromatic heterocycles. The number of rotatable bonds is 4. The Bertz CT molecular complexity index is 1340. The summed E-state index contributed by atoms with van der Waals surface area (Å²) in [4.78, 5) is 37.3. The molecule has 29 heavy (non-hydrogen) atoms. The molecule has 9 nitrogen and oxygen atoms in total. The van der Waals surface area contributed by atoms with Crippen molar-refractivity contribution in [1.82, 2.24) is 4.72 Å². The van der Waals surface area contributed by atoms with E-state index in [1.54, 1.807) is 10.8 Å². The van der Waals surface area contributed by atoms with Crippen LogP contribution in [0.3, 0.4) is 0 Å². The van der Waals surface area contributed by atoms with Crippen LogP contribution in [0, 0.1) is 10.7 Å². The lowest BCUT2D eigenvalue weighted by molar-refractivity contribution is 0.0698. The van der Waals surface area contributed by atoms with Crippen molar-refractivity contribution < 1.29 is 36.7 Å². The molecule has 13 heteroatoms. The molecule has 1 N–H and O–H groups in total. The fourth-order valence-corrected chi connectivity index (χ4v) is 5.58. The molecule has 0 spiro atoms. The van der Waals surface area contributed by atoms with E-state index in [4.69, 9.17) is 13.9 Å². The van der Waals surface area contributed by atoms with Crippen molar-refractivity contribution in [2.24, 2.45) is 0 Å². The van der Waals surface area contributed by atoms with Gasteiger partial charge in [-0.1, -0.05) is 0 Å². The van der Waals surface area contributed by atoms with E-state index < -0.39 is 27.9 Å². The number of furan rings is 2. The molecule has 1 aliphatic rings. The number of fused-ring (bicyclic) bond motifs is 1. The van der Waals surface area contributed by atoms with Crippen LogP contribution in [0.1, 0.15) is 31.1 Å². The summed E-state index contributed by atoms with van der Waals surface area (Å²) in [5.41, 5.74) is -0.584. The van der Waals surface area contributed by atoms with E-state index in [2.05, 4.69) is 45.2 Å². The molecule has 0 radical (unpaired) electrons. The number of carbonyl (C=O) groups is 3. The van der Waals surface area contributed by atoms with Crippen molar-refractivity contribution >= 4 is 107 Å². The van der Waals surface area contributed by atoms with Gasteiger partial charge in [-0.2, -0.15) is 0 Å². The third kappa shape index (κ3) is 3.58. The number of hydrogen-bond acceptors (Lipinski definition) is 8. The zero-order valence-electron chi connectivity index (χ0n) is 14.0. The van der Waals surface area contributed by atoms with Crippen LogP contribution in [0.2, 0.25) is 0 Å². The minimum atomic E-state index is -3.90. The second-order valence-electron chi connectivity index (χ2n) is 5.90. The minimum Gasteiger partial charge on any atom is -0.447 e. The zero-order valence-corrected chi connectivity index (χ0v) is 21.3. The van der Waals surface area contributed by atoms with E-state index in [1.165, 1.54) is 0 Å². The van der Waals surface area contributed by atoms with Crippen molar-refractivity contribution in [3.8, 4) is 11.5 Å². The predicted molar refractivity (Wildman–Crippen MR) is 124 cm³/mol. The van der Waals surface area contributed by atoms with E-state index in [0.717, 1.165) is 13.4 Å². The summed E-state index contributed by atoms with van der Waals surface area (Å²) in [5, 5.41) is 0. The second-order valence-corrected chi connectivity index (χ2v) is 11.1. The van der Waals surface area contributed by atoms with Crippen LogP contribution in [-0.2, 0) is 10.0 Å². The highest BCUT2D eigenvalue weighted by Crippen LogP contribution is 2.52. The van der Waals surface area contributed by atoms with Gasteiger partial charge in [-0.3, -0.25) is 4.79 Å². The van der Waals surface area contributed by atoms with Gasteiger partial charge in [0.05, 0.1) is 11.8 Å². The maximum absolute atomic E-state index is 12.8. The molecule has 1 amide bonds. The standard InChI is InChI=1S/C16H6I3NO8S/c1-29(24,25)20-14(21)7-8-11-13(28-16(8)23)12(10(7)26-11)27-15(22)5-2-4(17)3-6(18)9(5)19/h2-3H,1H3,(H,20,21). The largest absolute Gasteiger partial charge is 0.447 e. The topological polar surface area (TPSA) is 129 Å². The van der Waals surface area contributed by atoms with Crippen molar-refractivity contribution in [3.05, 3.63) is 39.5 Å². The monoisotopic (exact) mass is 753 g/mol. The van der Waals surface area contributed by atoms with Crippen molar-refractivity contribution in [2.75, 3.05) is 6.26 Å². The minimum absolute atomic E-state index is 0.0710. The highest BCUT2D eigenvalue weighted by Gasteiger charge is 2.44. The van der Waals surface area contributed by atoms with Gasteiger partial charge in [-0.25, -0.2) is 22.7 Å². The van der Waals surface area contributed by atoms with Gasteiger partial charge in [-0.15, -0.1) is 0 Å². The number of carbonyl (C=O) groups excluding carboxylic acids is 3. The quantitative estimate of drug-likeness (QED) is 0.187. The molecular weight excluding hydrogens is 747 g/mol. The average molecular weight is 753 g/mol. The Morgan fingerprint density at radius 2 is 1.83 bits per heavy atom. The van der Waals surface area contributed by atoms with Crippen molar-refractivity contribution in [2.45, 2.75) is 0 Å². The summed E-state index contributed by atoms with van der Waals surface area (Å²) in [6.45, 7) is 0. The normalized spacial score (nSPS) is 13.0. The van der Waals surface area contributed by atoms with Crippen molar-refractivity contribution in [3.63, 3.8) is 0 Å². The van der Waals surface area contributed by atoms with Gasteiger partial charge in [0.25, 0.3) is 5.91 Å². The number of sulfonamides is 1. The molecule has 1 aromatic carbocycles. The first kappa shape index (κ1) is 21.0. The highest BCUT2D eigenvalue weighted by atomic mass is 127. The smallest absolute Gasteiger partial charge is 0.348 e. The summed E-state index contributed by atoms with van der Waals surface area (Å²) in [7, 11) is -3.90. The molecule has 0 atom stereocenters. The first-order valence-electron chi connectivity index (χ1n) is 7.50. The fraction of sp³-hybridized carbons (Fsp3) is 0.0625. The van der Waals surface area contributed by atoms with Gasteiger partial charge in [0.2, 0.25) is 21.5 Å². The average Bonchev–Trinajstić information content (AvgIpc) is 3.19. The molecule has 0 saturated carbocycles. The van der Waals surface area contributed by atoms with Crippen molar-refractivity contribution in [1.29, 1.82) is 0 Å². The summed E-state index contributed by atoms with van der Waals surface area (Å²) >= 11 is 6.15. The lowest BCUT2D eigenvalue weighted by Crippen LogP contribution is -2.30. The van der Waals surface area contributed by atoms with E-state index >= 15 is 0 Å². The molecular formula is C16H6I3NO8S. The number of halogens is 3. The molecule has 0 saturated heterocycles. The predicted octanol–water partition coefficient (Wildman–Crippen LogP) is 3.13. The molecule has 3 heterocycles. The third-order valence-electron chi connectivity index (χ3n) is 3.84. The molecule has 150 valence electrons. The van der Waals surface area contributed by atoms with Crippen LogP contribution >= 0.6 is 67.8 Å². The number of amides is 1. The van der Waals surface area contributed by atoms with Gasteiger partial charge < -0.3 is 13.9 Å². The molecule has 4 rings (SSSR count). The highest BCUT2D eigenvalue weighted by molar-refractivity contribution is 14.1. The summed E-state index contributed by atoms with van der Waals surface area (Å²) in [6, 6.07) is 3.51. The Morgan fingerprint density at radius 3 is 2.48 bits per heavy atom. The lowest BCUT2D eigenvalue weighted by atomic mass is 10.1. The maximum atomic E-state index is 12.8. The van der Waals surface area contributed by atoms with Crippen LogP contribution in [-0.4, -0.2) is 32.5 Å². The van der Waals surface area contributed by atoms with E-state index in [0.29, 0.717) is 3.57 Å². The molecule has 0 fully saturated rings. The summed E-state index contributed by atoms with van der Waals surface area (Å²) in [6.07, 6.45) is 0.789. The number of nitrogens with one attached hydrogen (secondary N) is 1. The zero-order chi connectivity index (χ0) is 21.2. The van der Waals surface area contributed by atoms with E-state index in [9.17, 15) is 22.8 Å². The SMILES string of the molecule is CS(=O)(=O)NC(=O)c1c2c3oc1c(OC(=O)c1cc(I)cc(I)c1I)c3OC2=O. The van der Waals surface area contributed by atoms with Crippen LogP contribution in [0.15, 0.2) is 16.5 Å². The van der Waals surface area contributed by atoms with E-state index in [-0.39, 0.29) is 39.4 Å². The van der Waals surface area contributed by atoms with Crippen LogP contribution in [0.25, 0.3) is 11.2 Å². The van der Waals surface area contributed by atoms with Gasteiger partial charge >= 0.3 is 11.9 Å². The first-order chi connectivity index (χ1) is 13.5. The first-order valence-corrected chi connectivity index (χ1v) is 12.6. The van der Waals surface area contributed by atoms with Crippen LogP contribution in [0.5, 0.6) is 11.5 Å². The summed E-state index contributed by atoms with van der Waals surface area (Å²) in [5.74, 6) is -3.09. The Balaban J connectivity index is 1.79. The Kier molecular flexibility index (Phi) is 5.21. The third-order valence-corrected chi connectivity index (χ3v) is 8.06. The Morgan fingerprint density at radius 1 is 1.14 bits per heavy atom. The number of benzene rings is 2. The summed E-state index contributed by atoms with van der Waals surface area (Å²) < 4.78 is 42.8. The Labute approximate surface area is 203 Å². The molecule has 3 aromatic rings. The van der Waals surface area contributed by atoms with Gasteiger partial charge in [0.1, 0.15) is 11.1 Å². The number of hydrogen-bond donors (Lipinski definition) is 1. The van der Waals surface area contributed by atoms with Gasteiger partial charge in [-0.05, 0) is 79.9 Å². The molecule has 2 bridgehead atoms. The van der Waals surface area contributed by atoms with E-state index in [1.807, 2.05) is 28.7 Å².